The third kappa shape index (κ3) is 1.86. The molecule has 3 aromatic rings. The van der Waals surface area contributed by atoms with Gasteiger partial charge in [-0.3, -0.25) is 0 Å². The minimum absolute atomic E-state index is 0.0855. The molecule has 1 N–H and O–H groups in total. The number of hydrogen-bond donors (Lipinski definition) is 1. The second-order valence-corrected chi connectivity index (χ2v) is 6.00. The normalized spacial score (nSPS) is 10.7. The van der Waals surface area contributed by atoms with Crippen LogP contribution in [0.25, 0.3) is 19.9 Å². The maximum absolute atomic E-state index is 11.2. The van der Waals surface area contributed by atoms with Crippen LogP contribution in [0.4, 0.5) is 0 Å². The van der Waals surface area contributed by atoms with Crippen molar-refractivity contribution in [1.29, 1.82) is 0 Å². The van der Waals surface area contributed by atoms with E-state index in [1.54, 1.807) is 12.1 Å². The van der Waals surface area contributed by atoms with Crippen molar-refractivity contribution in [2.45, 2.75) is 0 Å². The molecule has 0 amide bonds. The molecule has 3 nitrogen and oxygen atoms in total. The molecule has 0 aliphatic heterocycles. The summed E-state index contributed by atoms with van der Waals surface area (Å²) in [6, 6.07) is 15.0. The van der Waals surface area contributed by atoms with E-state index >= 15 is 0 Å². The van der Waals surface area contributed by atoms with Crippen molar-refractivity contribution in [1.82, 2.24) is 4.98 Å². The Morgan fingerprint density at radius 3 is 2.56 bits per heavy atom. The van der Waals surface area contributed by atoms with Gasteiger partial charge in [0.1, 0.15) is 0 Å². The van der Waals surface area contributed by atoms with Crippen molar-refractivity contribution in [3.63, 3.8) is 0 Å². The molecular formula is C14H9NO2Se. The summed E-state index contributed by atoms with van der Waals surface area (Å²) in [5, 5.41) is 9.19. The Hall–Kier alpha value is -1.90. The zero-order chi connectivity index (χ0) is 12.5. The van der Waals surface area contributed by atoms with E-state index in [2.05, 4.69) is 11.1 Å². The van der Waals surface area contributed by atoms with Gasteiger partial charge in [0.15, 0.2) is 0 Å². The quantitative estimate of drug-likeness (QED) is 0.740. The Morgan fingerprint density at radius 1 is 1.06 bits per heavy atom. The van der Waals surface area contributed by atoms with Gasteiger partial charge in [0, 0.05) is 0 Å². The Kier molecular flexibility index (Phi) is 2.74. The first-order valence-electron chi connectivity index (χ1n) is 5.44. The van der Waals surface area contributed by atoms with Gasteiger partial charge in [-0.15, -0.1) is 0 Å². The SMILES string of the molecule is O=C(O)c1ccccc1-c1nc2ccccc2[se]1. The first kappa shape index (κ1) is 11.2. The molecule has 2 aromatic carbocycles. The van der Waals surface area contributed by atoms with Gasteiger partial charge in [-0.2, -0.15) is 0 Å². The zero-order valence-electron chi connectivity index (χ0n) is 9.33. The molecule has 1 heterocycles. The van der Waals surface area contributed by atoms with E-state index < -0.39 is 5.97 Å². The Labute approximate surface area is 109 Å². The molecule has 88 valence electrons. The van der Waals surface area contributed by atoms with Gasteiger partial charge >= 0.3 is 109 Å². The number of rotatable bonds is 2. The molecule has 0 saturated heterocycles. The van der Waals surface area contributed by atoms with Crippen LogP contribution in [0, 0.1) is 0 Å². The molecule has 0 bridgehead atoms. The van der Waals surface area contributed by atoms with Crippen LogP contribution in [0.3, 0.4) is 0 Å². The summed E-state index contributed by atoms with van der Waals surface area (Å²) in [5.74, 6) is -0.903. The van der Waals surface area contributed by atoms with E-state index in [1.807, 2.05) is 30.3 Å². The first-order chi connectivity index (χ1) is 8.75. The third-order valence-corrected chi connectivity index (χ3v) is 4.93. The standard InChI is InChI=1S/C14H9NO2Se/c16-14(17)10-6-2-1-5-9(10)13-15-11-7-3-4-8-12(11)18-13/h1-8H,(H,16,17). The number of carboxylic acids is 1. The zero-order valence-corrected chi connectivity index (χ0v) is 11.0. The summed E-state index contributed by atoms with van der Waals surface area (Å²) in [7, 11) is 0. The fourth-order valence-electron chi connectivity index (χ4n) is 1.84. The number of aromatic carboxylic acids is 1. The maximum atomic E-state index is 11.2. The topological polar surface area (TPSA) is 50.2 Å². The van der Waals surface area contributed by atoms with E-state index in [0.29, 0.717) is 5.56 Å². The van der Waals surface area contributed by atoms with Crippen LogP contribution >= 0.6 is 0 Å². The molecule has 0 atom stereocenters. The number of para-hydroxylation sites is 1. The number of nitrogens with zero attached hydrogens (tertiary/aromatic N) is 1. The van der Waals surface area contributed by atoms with Gasteiger partial charge in [-0.05, 0) is 0 Å². The van der Waals surface area contributed by atoms with Crippen LogP contribution in [0.15, 0.2) is 48.5 Å². The summed E-state index contributed by atoms with van der Waals surface area (Å²) >= 11 is 0.0855. The van der Waals surface area contributed by atoms with Crippen molar-refractivity contribution in [2.24, 2.45) is 0 Å². The monoisotopic (exact) mass is 303 g/mol. The molecule has 0 unspecified atom stereocenters. The van der Waals surface area contributed by atoms with E-state index in [-0.39, 0.29) is 14.5 Å². The fraction of sp³-hybridized carbons (Fsp3) is 0. The van der Waals surface area contributed by atoms with Crippen LogP contribution in [-0.2, 0) is 0 Å². The molecule has 18 heavy (non-hydrogen) atoms. The Morgan fingerprint density at radius 2 is 1.78 bits per heavy atom. The van der Waals surface area contributed by atoms with E-state index in [0.717, 1.165) is 15.6 Å². The molecule has 0 aliphatic carbocycles. The average Bonchev–Trinajstić information content (AvgIpc) is 2.82. The predicted molar refractivity (Wildman–Crippen MR) is 71.1 cm³/mol. The molecule has 4 heteroatoms. The summed E-state index contributed by atoms with van der Waals surface area (Å²) in [4.78, 5) is 15.7. The van der Waals surface area contributed by atoms with E-state index in [4.69, 9.17) is 0 Å². The Bertz CT molecular complexity index is 700. The van der Waals surface area contributed by atoms with Gasteiger partial charge in [-0.25, -0.2) is 0 Å². The first-order valence-corrected chi connectivity index (χ1v) is 7.15. The van der Waals surface area contributed by atoms with Gasteiger partial charge < -0.3 is 0 Å². The van der Waals surface area contributed by atoms with Crippen LogP contribution < -0.4 is 0 Å². The predicted octanol–water partition coefficient (Wildman–Crippen LogP) is 2.66. The average molecular weight is 302 g/mol. The molecule has 0 fully saturated rings. The number of hydrogen-bond acceptors (Lipinski definition) is 2. The molecule has 0 radical (unpaired) electrons. The van der Waals surface area contributed by atoms with Crippen molar-refractivity contribution in [3.8, 4) is 10.1 Å². The number of carbonyl (C=O) groups is 1. The van der Waals surface area contributed by atoms with Crippen molar-refractivity contribution in [3.05, 3.63) is 54.1 Å². The second-order valence-electron chi connectivity index (χ2n) is 3.84. The van der Waals surface area contributed by atoms with Gasteiger partial charge in [0.2, 0.25) is 0 Å². The van der Waals surface area contributed by atoms with Gasteiger partial charge in [-0.1, -0.05) is 0 Å². The summed E-state index contributed by atoms with van der Waals surface area (Å²) in [5.41, 5.74) is 2.03. The summed E-state index contributed by atoms with van der Waals surface area (Å²) in [6.45, 7) is 0. The number of carboxylic acid groups (broad SMARTS) is 1. The molecular weight excluding hydrogens is 293 g/mol. The summed E-state index contributed by atoms with van der Waals surface area (Å²) < 4.78 is 2.10. The minimum atomic E-state index is -0.903. The van der Waals surface area contributed by atoms with Crippen LogP contribution in [-0.4, -0.2) is 30.6 Å². The molecule has 0 aliphatic rings. The van der Waals surface area contributed by atoms with Crippen LogP contribution in [0.5, 0.6) is 0 Å². The van der Waals surface area contributed by atoms with Gasteiger partial charge in [0.25, 0.3) is 0 Å². The number of aromatic nitrogens is 1. The van der Waals surface area contributed by atoms with Crippen LogP contribution in [0.1, 0.15) is 10.4 Å². The molecule has 0 spiro atoms. The second kappa shape index (κ2) is 4.41. The fourth-order valence-corrected chi connectivity index (χ4v) is 3.95. The number of benzene rings is 2. The Balaban J connectivity index is 2.23. The molecule has 0 saturated carbocycles. The van der Waals surface area contributed by atoms with Gasteiger partial charge in [0.05, 0.1) is 0 Å². The van der Waals surface area contributed by atoms with Crippen molar-refractivity contribution < 1.29 is 9.90 Å². The number of fused-ring (bicyclic) bond motifs is 1. The van der Waals surface area contributed by atoms with Crippen LogP contribution in [0.2, 0.25) is 0 Å². The summed E-state index contributed by atoms with van der Waals surface area (Å²) in [6.07, 6.45) is 0. The van der Waals surface area contributed by atoms with Crippen molar-refractivity contribution >= 4 is 30.2 Å². The van der Waals surface area contributed by atoms with E-state index in [1.165, 1.54) is 4.26 Å². The molecule has 1 aromatic heterocycles. The third-order valence-electron chi connectivity index (χ3n) is 2.68. The molecule has 3 rings (SSSR count). The van der Waals surface area contributed by atoms with Crippen molar-refractivity contribution in [2.75, 3.05) is 0 Å². The van der Waals surface area contributed by atoms with E-state index in [9.17, 15) is 9.90 Å².